The molecule has 25 heavy (non-hydrogen) atoms. The third-order valence-electron chi connectivity index (χ3n) is 3.86. The summed E-state index contributed by atoms with van der Waals surface area (Å²) in [5.41, 5.74) is 4.07. The molecule has 0 aliphatic rings. The molecule has 0 heterocycles. The summed E-state index contributed by atoms with van der Waals surface area (Å²) in [4.78, 5) is 10.7. The molecule has 0 aliphatic heterocycles. The fourth-order valence-corrected chi connectivity index (χ4v) is 2.53. The number of rotatable bonds is 7. The Labute approximate surface area is 148 Å². The fraction of sp³-hybridized carbons (Fsp3) is 0.0909. The van der Waals surface area contributed by atoms with Gasteiger partial charge in [-0.3, -0.25) is 9.80 Å². The Morgan fingerprint density at radius 3 is 1.64 bits per heavy atom. The number of benzene rings is 3. The van der Waals surface area contributed by atoms with Crippen molar-refractivity contribution in [3.05, 3.63) is 107 Å². The summed E-state index contributed by atoms with van der Waals surface area (Å²) in [7, 11) is 0. The molecule has 3 aromatic rings. The Balaban J connectivity index is 1.76. The molecular formula is C22H20N2O. The van der Waals surface area contributed by atoms with E-state index >= 15 is 0 Å². The average Bonchev–Trinajstić information content (AvgIpc) is 2.68. The highest BCUT2D eigenvalue weighted by Crippen LogP contribution is 2.11. The van der Waals surface area contributed by atoms with E-state index in [2.05, 4.69) is 29.4 Å². The van der Waals surface area contributed by atoms with E-state index in [0.29, 0.717) is 5.56 Å². The van der Waals surface area contributed by atoms with Crippen molar-refractivity contribution in [3.8, 4) is 0 Å². The number of aldehydes is 1. The summed E-state index contributed by atoms with van der Waals surface area (Å²) in [6, 6.07) is 28.0. The Morgan fingerprint density at radius 2 is 1.16 bits per heavy atom. The maximum atomic E-state index is 10.7. The van der Waals surface area contributed by atoms with Gasteiger partial charge in [0.25, 0.3) is 0 Å². The molecule has 0 saturated carbocycles. The molecule has 3 aromatic carbocycles. The second-order valence-electron chi connectivity index (χ2n) is 5.82. The van der Waals surface area contributed by atoms with Crippen molar-refractivity contribution in [2.45, 2.75) is 13.1 Å². The Kier molecular flexibility index (Phi) is 5.73. The lowest BCUT2D eigenvalue weighted by atomic mass is 10.2. The number of hydrogen-bond acceptors (Lipinski definition) is 3. The largest absolute Gasteiger partial charge is 0.298 e. The van der Waals surface area contributed by atoms with Crippen molar-refractivity contribution in [3.63, 3.8) is 0 Å². The molecule has 3 rings (SSSR count). The van der Waals surface area contributed by atoms with Gasteiger partial charge in [-0.15, -0.1) is 0 Å². The quantitative estimate of drug-likeness (QED) is 0.362. The number of hydrazone groups is 1. The molecular weight excluding hydrogens is 308 g/mol. The van der Waals surface area contributed by atoms with Crippen molar-refractivity contribution >= 4 is 12.5 Å². The first-order valence-electron chi connectivity index (χ1n) is 8.25. The highest BCUT2D eigenvalue weighted by molar-refractivity contribution is 5.82. The van der Waals surface area contributed by atoms with E-state index in [4.69, 9.17) is 0 Å². The molecule has 0 bridgehead atoms. The number of carbonyl (C=O) groups excluding carboxylic acids is 1. The van der Waals surface area contributed by atoms with Gasteiger partial charge < -0.3 is 0 Å². The molecule has 3 nitrogen and oxygen atoms in total. The van der Waals surface area contributed by atoms with Crippen LogP contribution in [0.25, 0.3) is 0 Å². The van der Waals surface area contributed by atoms with Crippen molar-refractivity contribution in [2.24, 2.45) is 5.10 Å². The molecule has 0 aliphatic carbocycles. The number of carbonyl (C=O) groups is 1. The monoisotopic (exact) mass is 328 g/mol. The second-order valence-corrected chi connectivity index (χ2v) is 5.82. The fourth-order valence-electron chi connectivity index (χ4n) is 2.53. The SMILES string of the molecule is O=Cc1ccc(/C=N/N(Cc2ccccc2)Cc2ccccc2)cc1. The van der Waals surface area contributed by atoms with E-state index in [1.54, 1.807) is 12.1 Å². The zero-order valence-electron chi connectivity index (χ0n) is 14.0. The molecule has 0 atom stereocenters. The van der Waals surface area contributed by atoms with Crippen LogP contribution in [0.15, 0.2) is 90.0 Å². The first-order valence-corrected chi connectivity index (χ1v) is 8.25. The molecule has 124 valence electrons. The van der Waals surface area contributed by atoms with E-state index in [1.165, 1.54) is 11.1 Å². The lowest BCUT2D eigenvalue weighted by molar-refractivity contribution is 0.112. The average molecular weight is 328 g/mol. The molecule has 0 fully saturated rings. The summed E-state index contributed by atoms with van der Waals surface area (Å²) >= 11 is 0. The van der Waals surface area contributed by atoms with Crippen LogP contribution in [0.5, 0.6) is 0 Å². The van der Waals surface area contributed by atoms with Crippen molar-refractivity contribution in [1.82, 2.24) is 5.01 Å². The first kappa shape index (κ1) is 16.7. The maximum Gasteiger partial charge on any atom is 0.150 e. The standard InChI is InChI=1S/C22H20N2O/c25-18-22-13-11-19(12-14-22)15-23-24(16-20-7-3-1-4-8-20)17-21-9-5-2-6-10-21/h1-15,18H,16-17H2/b23-15+. The highest BCUT2D eigenvalue weighted by atomic mass is 16.1. The summed E-state index contributed by atoms with van der Waals surface area (Å²) < 4.78 is 0. The van der Waals surface area contributed by atoms with Gasteiger partial charge in [0.2, 0.25) is 0 Å². The molecule has 0 aromatic heterocycles. The molecule has 0 radical (unpaired) electrons. The Bertz CT molecular complexity index is 770. The van der Waals surface area contributed by atoms with Gasteiger partial charge >= 0.3 is 0 Å². The van der Waals surface area contributed by atoms with Crippen LogP contribution < -0.4 is 0 Å². The van der Waals surface area contributed by atoms with Gasteiger partial charge in [-0.1, -0.05) is 84.9 Å². The maximum absolute atomic E-state index is 10.7. The molecule has 0 unspecified atom stereocenters. The van der Waals surface area contributed by atoms with Gasteiger partial charge in [-0.2, -0.15) is 5.10 Å². The van der Waals surface area contributed by atoms with Gasteiger partial charge in [0.1, 0.15) is 6.29 Å². The van der Waals surface area contributed by atoms with Gasteiger partial charge in [0.15, 0.2) is 0 Å². The summed E-state index contributed by atoms with van der Waals surface area (Å²) in [5.74, 6) is 0. The molecule has 0 spiro atoms. The smallest absolute Gasteiger partial charge is 0.150 e. The van der Waals surface area contributed by atoms with E-state index in [-0.39, 0.29) is 0 Å². The van der Waals surface area contributed by atoms with E-state index in [0.717, 1.165) is 24.9 Å². The van der Waals surface area contributed by atoms with Crippen LogP contribution in [0.1, 0.15) is 27.0 Å². The number of hydrogen-bond donors (Lipinski definition) is 0. The lowest BCUT2D eigenvalue weighted by Gasteiger charge is -2.19. The van der Waals surface area contributed by atoms with Crippen LogP contribution in [-0.2, 0) is 13.1 Å². The van der Waals surface area contributed by atoms with Gasteiger partial charge in [0.05, 0.1) is 19.3 Å². The molecule has 0 N–H and O–H groups in total. The minimum absolute atomic E-state index is 0.669. The topological polar surface area (TPSA) is 32.7 Å². The normalized spacial score (nSPS) is 10.7. The van der Waals surface area contributed by atoms with Crippen molar-refractivity contribution in [2.75, 3.05) is 0 Å². The molecule has 0 saturated heterocycles. The zero-order chi connectivity index (χ0) is 17.3. The lowest BCUT2D eigenvalue weighted by Crippen LogP contribution is -2.17. The van der Waals surface area contributed by atoms with Crippen LogP contribution in [0, 0.1) is 0 Å². The van der Waals surface area contributed by atoms with E-state index in [9.17, 15) is 4.79 Å². The highest BCUT2D eigenvalue weighted by Gasteiger charge is 2.04. The van der Waals surface area contributed by atoms with E-state index in [1.807, 2.05) is 59.8 Å². The third-order valence-corrected chi connectivity index (χ3v) is 3.86. The minimum Gasteiger partial charge on any atom is -0.298 e. The second kappa shape index (κ2) is 8.60. The van der Waals surface area contributed by atoms with Crippen LogP contribution in [0.4, 0.5) is 0 Å². The minimum atomic E-state index is 0.669. The summed E-state index contributed by atoms with van der Waals surface area (Å²) in [6.45, 7) is 1.47. The number of nitrogens with zero attached hydrogens (tertiary/aromatic N) is 2. The predicted molar refractivity (Wildman–Crippen MR) is 102 cm³/mol. The molecule has 0 amide bonds. The Morgan fingerprint density at radius 1 is 0.680 bits per heavy atom. The first-order chi connectivity index (χ1) is 12.3. The van der Waals surface area contributed by atoms with Crippen LogP contribution in [0.2, 0.25) is 0 Å². The third kappa shape index (κ3) is 5.15. The van der Waals surface area contributed by atoms with Gasteiger partial charge in [0, 0.05) is 5.56 Å². The van der Waals surface area contributed by atoms with E-state index < -0.39 is 0 Å². The molecule has 3 heteroatoms. The van der Waals surface area contributed by atoms with Crippen LogP contribution in [-0.4, -0.2) is 17.5 Å². The summed E-state index contributed by atoms with van der Waals surface area (Å²) in [5, 5.41) is 6.70. The summed E-state index contributed by atoms with van der Waals surface area (Å²) in [6.07, 6.45) is 2.68. The van der Waals surface area contributed by atoms with Crippen LogP contribution >= 0.6 is 0 Å². The Hall–Kier alpha value is -3.20. The zero-order valence-corrected chi connectivity index (χ0v) is 14.0. The van der Waals surface area contributed by atoms with Crippen molar-refractivity contribution < 1.29 is 4.79 Å². The van der Waals surface area contributed by atoms with Crippen molar-refractivity contribution in [1.29, 1.82) is 0 Å². The van der Waals surface area contributed by atoms with Gasteiger partial charge in [-0.05, 0) is 16.7 Å². The van der Waals surface area contributed by atoms with Crippen LogP contribution in [0.3, 0.4) is 0 Å². The predicted octanol–water partition coefficient (Wildman–Crippen LogP) is 4.54. The van der Waals surface area contributed by atoms with Gasteiger partial charge in [-0.25, -0.2) is 0 Å².